The second-order valence-electron chi connectivity index (χ2n) is 7.35. The molecule has 0 fully saturated rings. The van der Waals surface area contributed by atoms with Crippen LogP contribution in [0.25, 0.3) is 0 Å². The van der Waals surface area contributed by atoms with Crippen molar-refractivity contribution in [2.75, 3.05) is 13.7 Å². The van der Waals surface area contributed by atoms with Crippen molar-refractivity contribution in [3.8, 4) is 17.6 Å². The van der Waals surface area contributed by atoms with Crippen LogP contribution in [0.3, 0.4) is 0 Å². The number of likely N-dealkylation sites (N-methyl/N-ethyl adjacent to an activating group) is 1. The number of hydrogen-bond donors (Lipinski definition) is 1. The van der Waals surface area contributed by atoms with Crippen LogP contribution in [0, 0.1) is 23.2 Å². The van der Waals surface area contributed by atoms with E-state index in [1.165, 1.54) is 4.90 Å². The summed E-state index contributed by atoms with van der Waals surface area (Å²) < 4.78 is 5.90. The summed E-state index contributed by atoms with van der Waals surface area (Å²) in [5.74, 6) is 7.36. The Labute approximate surface area is 142 Å². The van der Waals surface area contributed by atoms with Crippen LogP contribution in [0.15, 0.2) is 23.2 Å². The van der Waals surface area contributed by atoms with Crippen LogP contribution in [-0.2, 0) is 10.3 Å². The standard InChI is InChI=1S/C19H23N3O2/c1-12(2)6-7-13-8-9-15-14(10-13)19(18(3,4)11-24-15)16(23)22(5)17(20)21-19/h8-10,12H,11H2,1-5H3,(H2,20,21). The fraction of sp³-hybridized carbons (Fsp3) is 0.474. The molecule has 24 heavy (non-hydrogen) atoms. The quantitative estimate of drug-likeness (QED) is 0.743. The van der Waals surface area contributed by atoms with Gasteiger partial charge in [0.1, 0.15) is 5.75 Å². The van der Waals surface area contributed by atoms with Crippen molar-refractivity contribution in [2.24, 2.45) is 22.1 Å². The molecule has 1 aromatic carbocycles. The SMILES string of the molecule is CC(C)C#Cc1ccc2c(c1)C1(N=C(N)N(C)C1=O)C(C)(C)CO2. The van der Waals surface area contributed by atoms with Gasteiger partial charge >= 0.3 is 0 Å². The Bertz CT molecular complexity index is 799. The molecular formula is C19H23N3O2. The molecule has 0 bridgehead atoms. The molecule has 2 aliphatic rings. The number of rotatable bonds is 0. The molecule has 1 amide bonds. The molecule has 0 aliphatic carbocycles. The molecule has 5 heteroatoms. The molecule has 0 saturated carbocycles. The summed E-state index contributed by atoms with van der Waals surface area (Å²) in [6, 6.07) is 5.70. The molecule has 0 saturated heterocycles. The number of guanidine groups is 1. The van der Waals surface area contributed by atoms with E-state index in [1.807, 2.05) is 45.9 Å². The van der Waals surface area contributed by atoms with Gasteiger partial charge in [0.15, 0.2) is 11.5 Å². The molecule has 1 spiro atoms. The third-order valence-corrected chi connectivity index (χ3v) is 4.68. The Kier molecular flexibility index (Phi) is 3.60. The molecule has 3 rings (SSSR count). The number of fused-ring (bicyclic) bond motifs is 2. The fourth-order valence-electron chi connectivity index (χ4n) is 3.23. The summed E-state index contributed by atoms with van der Waals surface area (Å²) in [4.78, 5) is 19.1. The molecule has 0 radical (unpaired) electrons. The van der Waals surface area contributed by atoms with Crippen LogP contribution in [-0.4, -0.2) is 30.4 Å². The number of carbonyl (C=O) groups excluding carboxylic acids is 1. The van der Waals surface area contributed by atoms with Crippen LogP contribution < -0.4 is 10.5 Å². The largest absolute Gasteiger partial charge is 0.493 e. The number of ether oxygens (including phenoxy) is 1. The monoisotopic (exact) mass is 325 g/mol. The topological polar surface area (TPSA) is 67.9 Å². The molecule has 1 atom stereocenters. The van der Waals surface area contributed by atoms with Crippen LogP contribution in [0.5, 0.6) is 5.75 Å². The number of carbonyl (C=O) groups is 1. The van der Waals surface area contributed by atoms with E-state index >= 15 is 0 Å². The van der Waals surface area contributed by atoms with Gasteiger partial charge in [-0.05, 0) is 18.2 Å². The zero-order chi connectivity index (χ0) is 17.7. The first kappa shape index (κ1) is 16.4. The van der Waals surface area contributed by atoms with Gasteiger partial charge in [-0.3, -0.25) is 9.69 Å². The maximum Gasteiger partial charge on any atom is 0.262 e. The number of aliphatic imine (C=N–C) groups is 1. The van der Waals surface area contributed by atoms with Gasteiger partial charge in [-0.1, -0.05) is 39.5 Å². The highest BCUT2D eigenvalue weighted by Crippen LogP contribution is 2.53. The van der Waals surface area contributed by atoms with E-state index in [1.54, 1.807) is 7.05 Å². The minimum Gasteiger partial charge on any atom is -0.493 e. The third kappa shape index (κ3) is 2.17. The zero-order valence-electron chi connectivity index (χ0n) is 14.8. The predicted molar refractivity (Wildman–Crippen MR) is 93.5 cm³/mol. The summed E-state index contributed by atoms with van der Waals surface area (Å²) in [7, 11) is 1.66. The van der Waals surface area contributed by atoms with Gasteiger partial charge < -0.3 is 10.5 Å². The van der Waals surface area contributed by atoms with Crippen molar-refractivity contribution in [3.63, 3.8) is 0 Å². The molecule has 0 aromatic heterocycles. The lowest BCUT2D eigenvalue weighted by molar-refractivity contribution is -0.137. The molecule has 2 N–H and O–H groups in total. The highest BCUT2D eigenvalue weighted by atomic mass is 16.5. The minimum atomic E-state index is -1.06. The van der Waals surface area contributed by atoms with Gasteiger partial charge in [-0.15, -0.1) is 0 Å². The van der Waals surface area contributed by atoms with Gasteiger partial charge in [0.05, 0.1) is 6.61 Å². The van der Waals surface area contributed by atoms with Crippen LogP contribution in [0.2, 0.25) is 0 Å². The van der Waals surface area contributed by atoms with Crippen molar-refractivity contribution in [1.29, 1.82) is 0 Å². The van der Waals surface area contributed by atoms with E-state index in [0.717, 1.165) is 11.1 Å². The molecule has 126 valence electrons. The third-order valence-electron chi connectivity index (χ3n) is 4.68. The van der Waals surface area contributed by atoms with Crippen molar-refractivity contribution in [3.05, 3.63) is 29.3 Å². The van der Waals surface area contributed by atoms with E-state index in [0.29, 0.717) is 12.4 Å². The van der Waals surface area contributed by atoms with Gasteiger partial charge in [0, 0.05) is 29.5 Å². The first-order valence-electron chi connectivity index (χ1n) is 8.11. The Hall–Kier alpha value is -2.48. The van der Waals surface area contributed by atoms with Crippen molar-refractivity contribution < 1.29 is 9.53 Å². The van der Waals surface area contributed by atoms with E-state index < -0.39 is 11.0 Å². The van der Waals surface area contributed by atoms with Gasteiger partial charge in [0.25, 0.3) is 5.91 Å². The number of nitrogens with zero attached hydrogens (tertiary/aromatic N) is 2. The molecule has 2 heterocycles. The average molecular weight is 325 g/mol. The van der Waals surface area contributed by atoms with Crippen molar-refractivity contribution >= 4 is 11.9 Å². The molecular weight excluding hydrogens is 302 g/mol. The Morgan fingerprint density at radius 3 is 2.67 bits per heavy atom. The predicted octanol–water partition coefficient (Wildman–Crippen LogP) is 2.09. The Morgan fingerprint density at radius 2 is 2.08 bits per heavy atom. The van der Waals surface area contributed by atoms with Gasteiger partial charge in [-0.25, -0.2) is 4.99 Å². The van der Waals surface area contributed by atoms with Crippen LogP contribution in [0.1, 0.15) is 38.8 Å². The minimum absolute atomic E-state index is 0.122. The maximum atomic E-state index is 13.1. The average Bonchev–Trinajstić information content (AvgIpc) is 2.75. The van der Waals surface area contributed by atoms with Crippen LogP contribution >= 0.6 is 0 Å². The fourth-order valence-corrected chi connectivity index (χ4v) is 3.23. The molecule has 2 aliphatic heterocycles. The lowest BCUT2D eigenvalue weighted by atomic mass is 9.66. The molecule has 1 unspecified atom stereocenters. The number of nitrogens with two attached hydrogens (primary N) is 1. The van der Waals surface area contributed by atoms with Gasteiger partial charge in [-0.2, -0.15) is 0 Å². The molecule has 5 nitrogen and oxygen atoms in total. The summed E-state index contributed by atoms with van der Waals surface area (Å²) in [5, 5.41) is 0. The summed E-state index contributed by atoms with van der Waals surface area (Å²) >= 11 is 0. The van der Waals surface area contributed by atoms with E-state index in [-0.39, 0.29) is 17.8 Å². The van der Waals surface area contributed by atoms with Crippen molar-refractivity contribution in [2.45, 2.75) is 33.2 Å². The normalized spacial score (nSPS) is 24.3. The molecule has 1 aromatic rings. The number of hydrogen-bond acceptors (Lipinski definition) is 4. The maximum absolute atomic E-state index is 13.1. The summed E-state index contributed by atoms with van der Waals surface area (Å²) in [6.45, 7) is 8.44. The highest BCUT2D eigenvalue weighted by molar-refractivity contribution is 6.08. The highest BCUT2D eigenvalue weighted by Gasteiger charge is 2.61. The van der Waals surface area contributed by atoms with E-state index in [9.17, 15) is 4.79 Å². The van der Waals surface area contributed by atoms with E-state index in [4.69, 9.17) is 10.5 Å². The Balaban J connectivity index is 2.23. The smallest absolute Gasteiger partial charge is 0.262 e. The van der Waals surface area contributed by atoms with Crippen LogP contribution in [0.4, 0.5) is 0 Å². The van der Waals surface area contributed by atoms with Gasteiger partial charge in [0.2, 0.25) is 0 Å². The number of amides is 1. The first-order chi connectivity index (χ1) is 11.2. The van der Waals surface area contributed by atoms with E-state index in [2.05, 4.69) is 16.8 Å². The Morgan fingerprint density at radius 1 is 1.38 bits per heavy atom. The van der Waals surface area contributed by atoms with Crippen molar-refractivity contribution in [1.82, 2.24) is 4.90 Å². The summed E-state index contributed by atoms with van der Waals surface area (Å²) in [6.07, 6.45) is 0. The lowest BCUT2D eigenvalue weighted by Crippen LogP contribution is -2.53. The second-order valence-corrected chi connectivity index (χ2v) is 7.35. The zero-order valence-corrected chi connectivity index (χ0v) is 14.8. The summed E-state index contributed by atoms with van der Waals surface area (Å²) in [5.41, 5.74) is 5.99. The second kappa shape index (κ2) is 5.27. The first-order valence-corrected chi connectivity index (χ1v) is 8.11. The lowest BCUT2D eigenvalue weighted by Gasteiger charge is -2.44. The number of benzene rings is 1.